The van der Waals surface area contributed by atoms with Crippen molar-refractivity contribution in [3.05, 3.63) is 70.0 Å². The number of hydrogen-bond acceptors (Lipinski definition) is 6. The van der Waals surface area contributed by atoms with Crippen molar-refractivity contribution in [2.45, 2.75) is 25.9 Å². The molecule has 0 amide bonds. The molecule has 0 radical (unpaired) electrons. The van der Waals surface area contributed by atoms with Gasteiger partial charge in [0, 0.05) is 43.2 Å². The van der Waals surface area contributed by atoms with Crippen LogP contribution in [0.15, 0.2) is 53.3 Å². The molecule has 190 valence electrons. The van der Waals surface area contributed by atoms with E-state index in [1.807, 2.05) is 36.4 Å². The Morgan fingerprint density at radius 3 is 2.67 bits per heavy atom. The van der Waals surface area contributed by atoms with Gasteiger partial charge in [0.1, 0.15) is 0 Å². The van der Waals surface area contributed by atoms with Crippen LogP contribution in [0.3, 0.4) is 0 Å². The van der Waals surface area contributed by atoms with E-state index < -0.39 is 0 Å². The summed E-state index contributed by atoms with van der Waals surface area (Å²) in [4.78, 5) is 20.5. The maximum absolute atomic E-state index is 13.0. The minimum absolute atomic E-state index is 0.0510. The van der Waals surface area contributed by atoms with Gasteiger partial charge >= 0.3 is 0 Å². The average Bonchev–Trinajstić information content (AvgIpc) is 3.35. The number of fused-ring (bicyclic) bond motifs is 2. The summed E-state index contributed by atoms with van der Waals surface area (Å²) in [5.41, 5.74) is 2.42. The summed E-state index contributed by atoms with van der Waals surface area (Å²) in [6, 6.07) is 15.9. The molecule has 3 heterocycles. The first-order valence-electron chi connectivity index (χ1n) is 12.4. The Balaban J connectivity index is 1.33. The Kier molecular flexibility index (Phi) is 7.69. The number of hydrogen-bond donors (Lipinski definition) is 2. The van der Waals surface area contributed by atoms with Crippen molar-refractivity contribution in [1.82, 2.24) is 20.1 Å². The molecule has 1 saturated heterocycles. The summed E-state index contributed by atoms with van der Waals surface area (Å²) < 4.78 is 16.4. The van der Waals surface area contributed by atoms with Gasteiger partial charge in [-0.2, -0.15) is 0 Å². The number of aromatic nitrogens is 1. The van der Waals surface area contributed by atoms with Crippen molar-refractivity contribution >= 4 is 28.2 Å². The number of aromatic amines is 1. The number of morpholine rings is 1. The van der Waals surface area contributed by atoms with Gasteiger partial charge in [-0.15, -0.1) is 0 Å². The lowest BCUT2D eigenvalue weighted by atomic mass is 10.1. The first-order chi connectivity index (χ1) is 17.6. The normalized spacial score (nSPS) is 16.1. The van der Waals surface area contributed by atoms with Gasteiger partial charge in [-0.3, -0.25) is 9.69 Å². The van der Waals surface area contributed by atoms with Crippen LogP contribution >= 0.6 is 12.2 Å². The lowest BCUT2D eigenvalue weighted by Crippen LogP contribution is -2.43. The minimum atomic E-state index is -0.126. The molecular formula is C27H32N4O4S. The van der Waals surface area contributed by atoms with Gasteiger partial charge in [0.2, 0.25) is 6.79 Å². The lowest BCUT2D eigenvalue weighted by molar-refractivity contribution is 0.0367. The van der Waals surface area contributed by atoms with Crippen LogP contribution in [0.5, 0.6) is 11.5 Å². The monoisotopic (exact) mass is 508 g/mol. The van der Waals surface area contributed by atoms with E-state index in [9.17, 15) is 4.79 Å². The molecule has 0 bridgehead atoms. The van der Waals surface area contributed by atoms with Crippen LogP contribution in [0.25, 0.3) is 10.9 Å². The van der Waals surface area contributed by atoms with Crippen LogP contribution < -0.4 is 20.3 Å². The molecule has 1 fully saturated rings. The molecule has 9 heteroatoms. The van der Waals surface area contributed by atoms with Gasteiger partial charge < -0.3 is 29.4 Å². The standard InChI is InChI=1S/C27H32N4O4S/c1-19(20-6-3-2-4-7-20)28-27(36)31(9-5-8-30-10-12-33-13-11-30)17-22-14-21-15-24-25(35-18-34-24)16-23(21)29-26(22)32/h2-4,6-7,14-16,19H,5,8-13,17-18H2,1H3,(H,28,36)(H,29,32)/t19-/m0/s1. The molecule has 2 N–H and O–H groups in total. The Hall–Kier alpha value is -3.14. The zero-order valence-electron chi connectivity index (χ0n) is 20.5. The molecule has 1 aromatic heterocycles. The van der Waals surface area contributed by atoms with Crippen molar-refractivity contribution in [2.24, 2.45) is 0 Å². The molecule has 0 aliphatic carbocycles. The highest BCUT2D eigenvalue weighted by Crippen LogP contribution is 2.35. The van der Waals surface area contributed by atoms with Crippen molar-refractivity contribution < 1.29 is 14.2 Å². The van der Waals surface area contributed by atoms with E-state index in [-0.39, 0.29) is 18.4 Å². The summed E-state index contributed by atoms with van der Waals surface area (Å²) in [6.07, 6.45) is 0.936. The first kappa shape index (κ1) is 24.5. The summed E-state index contributed by atoms with van der Waals surface area (Å²) in [6.45, 7) is 7.88. The van der Waals surface area contributed by atoms with E-state index in [1.165, 1.54) is 0 Å². The van der Waals surface area contributed by atoms with Crippen molar-refractivity contribution in [3.63, 3.8) is 0 Å². The molecule has 2 aliphatic heterocycles. The topological polar surface area (TPSA) is 79.1 Å². The van der Waals surface area contributed by atoms with Gasteiger partial charge in [0.15, 0.2) is 16.6 Å². The second-order valence-electron chi connectivity index (χ2n) is 9.23. The second kappa shape index (κ2) is 11.3. The predicted molar refractivity (Wildman–Crippen MR) is 144 cm³/mol. The van der Waals surface area contributed by atoms with Crippen LogP contribution in [0.2, 0.25) is 0 Å². The third-order valence-corrected chi connectivity index (χ3v) is 7.08. The summed E-state index contributed by atoms with van der Waals surface area (Å²) >= 11 is 5.86. The molecule has 0 spiro atoms. The fourth-order valence-corrected chi connectivity index (χ4v) is 4.96. The van der Waals surface area contributed by atoms with E-state index in [0.29, 0.717) is 28.7 Å². The highest BCUT2D eigenvalue weighted by atomic mass is 32.1. The molecule has 0 saturated carbocycles. The van der Waals surface area contributed by atoms with Crippen molar-refractivity contribution in [3.8, 4) is 11.5 Å². The van der Waals surface area contributed by atoms with E-state index in [2.05, 4.69) is 39.2 Å². The Morgan fingerprint density at radius 1 is 1.14 bits per heavy atom. The van der Waals surface area contributed by atoms with Crippen LogP contribution in [0, 0.1) is 0 Å². The fraction of sp³-hybridized carbons (Fsp3) is 0.407. The highest BCUT2D eigenvalue weighted by molar-refractivity contribution is 7.80. The average molecular weight is 509 g/mol. The van der Waals surface area contributed by atoms with Crippen LogP contribution in [-0.2, 0) is 11.3 Å². The van der Waals surface area contributed by atoms with Crippen LogP contribution in [-0.4, -0.2) is 66.1 Å². The third kappa shape index (κ3) is 5.80. The van der Waals surface area contributed by atoms with Gasteiger partial charge in [-0.25, -0.2) is 0 Å². The molecule has 8 nitrogen and oxygen atoms in total. The van der Waals surface area contributed by atoms with Gasteiger partial charge in [-0.05, 0) is 43.3 Å². The number of ether oxygens (including phenoxy) is 3. The number of rotatable bonds is 8. The highest BCUT2D eigenvalue weighted by Gasteiger charge is 2.19. The number of pyridine rings is 1. The number of thiocarbonyl (C=S) groups is 1. The molecule has 5 rings (SSSR count). The maximum atomic E-state index is 13.0. The van der Waals surface area contributed by atoms with Crippen molar-refractivity contribution in [1.29, 1.82) is 0 Å². The smallest absolute Gasteiger partial charge is 0.253 e. The molecular weight excluding hydrogens is 476 g/mol. The predicted octanol–water partition coefficient (Wildman–Crippen LogP) is 3.42. The summed E-state index contributed by atoms with van der Waals surface area (Å²) in [7, 11) is 0. The molecule has 2 aromatic carbocycles. The minimum Gasteiger partial charge on any atom is -0.454 e. The Labute approximate surface area is 216 Å². The van der Waals surface area contributed by atoms with Crippen LogP contribution in [0.1, 0.15) is 30.5 Å². The largest absolute Gasteiger partial charge is 0.454 e. The second-order valence-corrected chi connectivity index (χ2v) is 9.61. The molecule has 36 heavy (non-hydrogen) atoms. The fourth-order valence-electron chi connectivity index (χ4n) is 4.63. The SMILES string of the molecule is C[C@H](NC(=S)N(CCCN1CCOCC1)Cc1cc2cc3c(cc2[nH]c1=O)OCO3)c1ccccc1. The van der Waals surface area contributed by atoms with E-state index >= 15 is 0 Å². The lowest BCUT2D eigenvalue weighted by Gasteiger charge is -2.30. The van der Waals surface area contributed by atoms with Gasteiger partial charge in [-0.1, -0.05) is 30.3 Å². The summed E-state index contributed by atoms with van der Waals surface area (Å²) in [5, 5.41) is 5.01. The summed E-state index contributed by atoms with van der Waals surface area (Å²) in [5.74, 6) is 1.34. The maximum Gasteiger partial charge on any atom is 0.253 e. The van der Waals surface area contributed by atoms with Gasteiger partial charge in [0.05, 0.1) is 31.3 Å². The number of benzene rings is 2. The molecule has 2 aliphatic rings. The third-order valence-electron chi connectivity index (χ3n) is 6.71. The van der Waals surface area contributed by atoms with E-state index in [0.717, 1.165) is 62.3 Å². The Morgan fingerprint density at radius 2 is 1.89 bits per heavy atom. The Bertz CT molecular complexity index is 1260. The van der Waals surface area contributed by atoms with Gasteiger partial charge in [0.25, 0.3) is 5.56 Å². The van der Waals surface area contributed by atoms with Crippen molar-refractivity contribution in [2.75, 3.05) is 46.2 Å². The van der Waals surface area contributed by atoms with E-state index in [4.69, 9.17) is 26.4 Å². The molecule has 3 aromatic rings. The quantitative estimate of drug-likeness (QED) is 0.448. The number of nitrogens with zero attached hydrogens (tertiary/aromatic N) is 2. The van der Waals surface area contributed by atoms with E-state index in [1.54, 1.807) is 0 Å². The number of nitrogens with one attached hydrogen (secondary N) is 2. The van der Waals surface area contributed by atoms with Crippen LogP contribution in [0.4, 0.5) is 0 Å². The number of H-pyrrole nitrogens is 1. The molecule has 1 atom stereocenters. The first-order valence-corrected chi connectivity index (χ1v) is 12.8. The molecule has 0 unspecified atom stereocenters. The zero-order chi connectivity index (χ0) is 24.9. The zero-order valence-corrected chi connectivity index (χ0v) is 21.3.